The van der Waals surface area contributed by atoms with Gasteiger partial charge in [0.05, 0.1) is 5.56 Å². The van der Waals surface area contributed by atoms with Gasteiger partial charge in [0.25, 0.3) is 0 Å². The molecule has 0 N–H and O–H groups in total. The molecule has 0 bridgehead atoms. The van der Waals surface area contributed by atoms with E-state index in [1.165, 1.54) is 17.7 Å². The minimum atomic E-state index is -4.54. The Balaban J connectivity index is 2.16. The minimum absolute atomic E-state index is 0.00391. The molecule has 26 heavy (non-hydrogen) atoms. The van der Waals surface area contributed by atoms with Crippen LogP contribution in [0.1, 0.15) is 27.6 Å². The third kappa shape index (κ3) is 5.50. The number of carbonyl (C=O) groups is 1. The van der Waals surface area contributed by atoms with E-state index in [9.17, 15) is 18.0 Å². The Labute approximate surface area is 151 Å². The number of rotatable bonds is 7. The average Bonchev–Trinajstić information content (AvgIpc) is 2.97. The predicted octanol–water partition coefficient (Wildman–Crippen LogP) is 4.15. The molecule has 0 aliphatic carbocycles. The molecule has 0 amide bonds. The second kappa shape index (κ2) is 7.71. The van der Waals surface area contributed by atoms with Crippen LogP contribution in [-0.2, 0) is 17.6 Å². The van der Waals surface area contributed by atoms with Crippen molar-refractivity contribution in [2.45, 2.75) is 45.5 Å². The van der Waals surface area contributed by atoms with Crippen LogP contribution in [0.5, 0.6) is 0 Å². The number of ketones is 1. The monoisotopic (exact) mass is 385 g/mol. The summed E-state index contributed by atoms with van der Waals surface area (Å²) in [6.07, 6.45) is -1.57. The summed E-state index contributed by atoms with van der Waals surface area (Å²) < 4.78 is 45.9. The first kappa shape index (κ1) is 20.3. The fourth-order valence-corrected chi connectivity index (χ4v) is 2.98. The topological polar surface area (TPSA) is 57.0 Å². The third-order valence-electron chi connectivity index (χ3n) is 3.66. The summed E-state index contributed by atoms with van der Waals surface area (Å²) in [7, 11) is -1.23. The van der Waals surface area contributed by atoms with Gasteiger partial charge < -0.3 is 9.30 Å². The summed E-state index contributed by atoms with van der Waals surface area (Å²) in [6.45, 7) is 8.77. The van der Waals surface area contributed by atoms with Gasteiger partial charge in [-0.2, -0.15) is 13.2 Å². The maximum Gasteiger partial charge on any atom is 0.416 e. The number of hydrogen-bond acceptors (Lipinski definition) is 4. The van der Waals surface area contributed by atoms with Crippen LogP contribution in [0.3, 0.4) is 0 Å². The fraction of sp³-hybridized carbons (Fsp3) is 0.471. The molecule has 2 aromatic rings. The molecule has 0 atom stereocenters. The van der Waals surface area contributed by atoms with E-state index >= 15 is 0 Å². The van der Waals surface area contributed by atoms with Crippen molar-refractivity contribution in [3.8, 4) is 0 Å². The van der Waals surface area contributed by atoms with E-state index in [-0.39, 0.29) is 23.9 Å². The van der Waals surface area contributed by atoms with Crippen LogP contribution in [0, 0.1) is 6.92 Å². The third-order valence-corrected chi connectivity index (χ3v) is 5.36. The smallest absolute Gasteiger partial charge is 0.361 e. The van der Waals surface area contributed by atoms with E-state index in [1.807, 2.05) is 0 Å². The van der Waals surface area contributed by atoms with Crippen LogP contribution >= 0.6 is 0 Å². The van der Waals surface area contributed by atoms with Crippen molar-refractivity contribution in [1.29, 1.82) is 0 Å². The lowest BCUT2D eigenvalue weighted by atomic mass is 10.1. The Kier molecular flexibility index (Phi) is 6.02. The molecule has 2 heterocycles. The van der Waals surface area contributed by atoms with Crippen molar-refractivity contribution in [3.05, 3.63) is 47.3 Å². The highest BCUT2D eigenvalue weighted by molar-refractivity contribution is 6.76. The molecule has 2 rings (SSSR count). The number of halogens is 3. The summed E-state index contributed by atoms with van der Waals surface area (Å²) >= 11 is 0. The summed E-state index contributed by atoms with van der Waals surface area (Å²) in [6, 6.07) is 2.63. The Hall–Kier alpha value is -2.00. The van der Waals surface area contributed by atoms with Gasteiger partial charge in [-0.05, 0) is 25.1 Å². The number of alkyl halides is 3. The van der Waals surface area contributed by atoms with Crippen LogP contribution in [0.25, 0.3) is 0 Å². The van der Waals surface area contributed by atoms with Gasteiger partial charge in [0.2, 0.25) is 5.78 Å². The Morgan fingerprint density at radius 3 is 2.58 bits per heavy atom. The number of nitrogens with zero attached hydrogens (tertiary/aromatic N) is 3. The molecule has 0 saturated carbocycles. The second-order valence-corrected chi connectivity index (χ2v) is 12.9. The molecule has 0 fully saturated rings. The van der Waals surface area contributed by atoms with E-state index in [0.717, 1.165) is 18.2 Å². The largest absolute Gasteiger partial charge is 0.416 e. The number of hydrogen-bond donors (Lipinski definition) is 0. The number of pyridine rings is 1. The summed E-state index contributed by atoms with van der Waals surface area (Å²) in [5.74, 6) is -0.665. The Morgan fingerprint density at radius 2 is 1.96 bits per heavy atom. The number of aromatic nitrogens is 3. The van der Waals surface area contributed by atoms with Gasteiger partial charge in [0.15, 0.2) is 5.82 Å². The lowest BCUT2D eigenvalue weighted by molar-refractivity contribution is -0.137. The van der Waals surface area contributed by atoms with Crippen LogP contribution < -0.4 is 0 Å². The van der Waals surface area contributed by atoms with Gasteiger partial charge in [0.1, 0.15) is 12.4 Å². The molecule has 2 aromatic heterocycles. The average molecular weight is 385 g/mol. The van der Waals surface area contributed by atoms with Gasteiger partial charge in [-0.1, -0.05) is 19.6 Å². The first-order chi connectivity index (χ1) is 12.0. The minimum Gasteiger partial charge on any atom is -0.361 e. The lowest BCUT2D eigenvalue weighted by Crippen LogP contribution is -2.22. The highest BCUT2D eigenvalue weighted by Crippen LogP contribution is 2.30. The Morgan fingerprint density at radius 1 is 1.27 bits per heavy atom. The van der Waals surface area contributed by atoms with Crippen molar-refractivity contribution in [3.63, 3.8) is 0 Å². The molecule has 0 aliphatic rings. The van der Waals surface area contributed by atoms with Crippen LogP contribution in [-0.4, -0.2) is 35.0 Å². The fourth-order valence-electron chi connectivity index (χ4n) is 2.23. The van der Waals surface area contributed by atoms with Crippen LogP contribution in [0.4, 0.5) is 13.2 Å². The van der Waals surface area contributed by atoms with E-state index in [0.29, 0.717) is 6.61 Å². The van der Waals surface area contributed by atoms with E-state index in [4.69, 9.17) is 4.74 Å². The highest BCUT2D eigenvalue weighted by Gasteiger charge is 2.32. The van der Waals surface area contributed by atoms with Gasteiger partial charge in [-0.3, -0.25) is 4.79 Å². The molecular weight excluding hydrogens is 363 g/mol. The molecule has 5 nitrogen and oxygen atoms in total. The van der Waals surface area contributed by atoms with Crippen molar-refractivity contribution >= 4 is 13.9 Å². The lowest BCUT2D eigenvalue weighted by Gasteiger charge is -2.16. The number of carbonyl (C=O) groups excluding carboxylic acids is 1. The van der Waals surface area contributed by atoms with Gasteiger partial charge in [0, 0.05) is 32.8 Å². The van der Waals surface area contributed by atoms with Crippen molar-refractivity contribution in [2.24, 2.45) is 0 Å². The summed E-state index contributed by atoms with van der Waals surface area (Å²) in [5, 5.41) is 0. The maximum absolute atomic E-state index is 13.0. The standard InChI is InChI=1S/C17H22F3N3O2Si/c1-12-9-13(17(18,19)20)10-14(22-12)15(24)16-21-5-6-23(16)11-25-7-8-26(2,3)4/h5-6,9-10H,7-8,11H2,1-4H3. The number of imidazole rings is 1. The van der Waals surface area contributed by atoms with Crippen molar-refractivity contribution in [2.75, 3.05) is 6.61 Å². The zero-order valence-corrected chi connectivity index (χ0v) is 16.2. The molecule has 0 saturated heterocycles. The van der Waals surface area contributed by atoms with Gasteiger partial charge in [-0.25, -0.2) is 9.97 Å². The Bertz CT molecular complexity index is 782. The first-order valence-electron chi connectivity index (χ1n) is 8.17. The molecule has 142 valence electrons. The summed E-state index contributed by atoms with van der Waals surface area (Å²) in [5.41, 5.74) is -1.07. The summed E-state index contributed by atoms with van der Waals surface area (Å²) in [4.78, 5) is 20.5. The quantitative estimate of drug-likeness (QED) is 0.408. The van der Waals surface area contributed by atoms with Crippen LogP contribution in [0.2, 0.25) is 25.7 Å². The molecule has 0 radical (unpaired) electrons. The first-order valence-corrected chi connectivity index (χ1v) is 11.9. The molecule has 0 unspecified atom stereocenters. The molecule has 9 heteroatoms. The SMILES string of the molecule is Cc1cc(C(F)(F)F)cc(C(=O)c2nccn2COCC[Si](C)(C)C)n1. The number of ether oxygens (including phenoxy) is 1. The van der Waals surface area contributed by atoms with E-state index in [1.54, 1.807) is 6.20 Å². The zero-order valence-electron chi connectivity index (χ0n) is 15.2. The molecule has 0 aliphatic heterocycles. The van der Waals surface area contributed by atoms with E-state index < -0.39 is 25.6 Å². The highest BCUT2D eigenvalue weighted by atomic mass is 28.3. The second-order valence-electron chi connectivity index (χ2n) is 7.28. The maximum atomic E-state index is 13.0. The zero-order chi connectivity index (χ0) is 19.5. The van der Waals surface area contributed by atoms with Crippen molar-refractivity contribution in [1.82, 2.24) is 14.5 Å². The number of aryl methyl sites for hydroxylation is 1. The normalized spacial score (nSPS) is 12.4. The molecule has 0 aromatic carbocycles. The van der Waals surface area contributed by atoms with Crippen LogP contribution in [0.15, 0.2) is 24.5 Å². The van der Waals surface area contributed by atoms with Crippen molar-refractivity contribution < 1.29 is 22.7 Å². The van der Waals surface area contributed by atoms with E-state index in [2.05, 4.69) is 29.6 Å². The van der Waals surface area contributed by atoms with Gasteiger partial charge >= 0.3 is 6.18 Å². The predicted molar refractivity (Wildman–Crippen MR) is 93.7 cm³/mol. The molecular formula is C17H22F3N3O2Si. The molecule has 0 spiro atoms. The van der Waals surface area contributed by atoms with Gasteiger partial charge in [-0.15, -0.1) is 0 Å².